The van der Waals surface area contributed by atoms with Crippen molar-refractivity contribution in [3.05, 3.63) is 71.3 Å². The number of alkyl halides is 3. The van der Waals surface area contributed by atoms with Crippen molar-refractivity contribution >= 4 is 12.0 Å². The van der Waals surface area contributed by atoms with E-state index in [2.05, 4.69) is 0 Å². The minimum atomic E-state index is -4.36. The van der Waals surface area contributed by atoms with Crippen LogP contribution in [0.15, 0.2) is 54.6 Å². The molecule has 0 aliphatic rings. The Balaban J connectivity index is 2.01. The average Bonchev–Trinajstić information content (AvgIpc) is 2.51. The predicted octanol–water partition coefficient (Wildman–Crippen LogP) is 4.38. The Morgan fingerprint density at radius 1 is 1.13 bits per heavy atom. The highest BCUT2D eigenvalue weighted by Crippen LogP contribution is 2.29. The highest BCUT2D eigenvalue weighted by molar-refractivity contribution is 5.85. The molecule has 6 heteroatoms. The van der Waals surface area contributed by atoms with Gasteiger partial charge in [0.1, 0.15) is 12.4 Å². The molecular formula is C17H13F3O3. The van der Waals surface area contributed by atoms with Crippen LogP contribution in [0, 0.1) is 0 Å². The second-order valence-electron chi connectivity index (χ2n) is 4.73. The first-order valence-electron chi connectivity index (χ1n) is 6.64. The third-order valence-electron chi connectivity index (χ3n) is 2.96. The molecule has 0 aliphatic heterocycles. The first-order valence-corrected chi connectivity index (χ1v) is 6.64. The Morgan fingerprint density at radius 3 is 2.43 bits per heavy atom. The summed E-state index contributed by atoms with van der Waals surface area (Å²) in [6.45, 7) is 0.115. The summed E-state index contributed by atoms with van der Waals surface area (Å²) in [7, 11) is 0. The van der Waals surface area contributed by atoms with Crippen LogP contribution in [0.3, 0.4) is 0 Å². The zero-order valence-electron chi connectivity index (χ0n) is 11.9. The molecular weight excluding hydrogens is 309 g/mol. The Hall–Kier alpha value is -2.76. The summed E-state index contributed by atoms with van der Waals surface area (Å²) in [5, 5.41) is 8.58. The second kappa shape index (κ2) is 7.00. The number of hydrogen-bond acceptors (Lipinski definition) is 2. The van der Waals surface area contributed by atoms with E-state index in [1.54, 1.807) is 24.3 Å². The van der Waals surface area contributed by atoms with E-state index in [9.17, 15) is 18.0 Å². The van der Waals surface area contributed by atoms with E-state index in [1.165, 1.54) is 18.2 Å². The highest BCUT2D eigenvalue weighted by Gasteiger charge is 2.29. The van der Waals surface area contributed by atoms with Gasteiger partial charge in [-0.15, -0.1) is 0 Å². The van der Waals surface area contributed by atoms with E-state index in [0.717, 1.165) is 18.2 Å². The van der Waals surface area contributed by atoms with Crippen LogP contribution in [-0.4, -0.2) is 11.1 Å². The quantitative estimate of drug-likeness (QED) is 0.831. The van der Waals surface area contributed by atoms with Crippen LogP contribution < -0.4 is 4.74 Å². The monoisotopic (exact) mass is 322 g/mol. The molecule has 0 spiro atoms. The number of aliphatic carboxylic acids is 1. The van der Waals surface area contributed by atoms with E-state index in [4.69, 9.17) is 9.84 Å². The van der Waals surface area contributed by atoms with E-state index >= 15 is 0 Å². The van der Waals surface area contributed by atoms with Crippen LogP contribution >= 0.6 is 0 Å². The molecule has 0 radical (unpaired) electrons. The fourth-order valence-corrected chi connectivity index (χ4v) is 1.83. The maximum atomic E-state index is 12.5. The van der Waals surface area contributed by atoms with Gasteiger partial charge in [0.15, 0.2) is 0 Å². The van der Waals surface area contributed by atoms with E-state index < -0.39 is 17.7 Å². The lowest BCUT2D eigenvalue weighted by atomic mass is 10.1. The summed E-state index contributed by atoms with van der Waals surface area (Å²) in [6, 6.07) is 11.5. The first kappa shape index (κ1) is 16.6. The van der Waals surface area contributed by atoms with Crippen molar-refractivity contribution in [1.82, 2.24) is 0 Å². The van der Waals surface area contributed by atoms with E-state index in [0.29, 0.717) is 16.9 Å². The number of ether oxygens (including phenoxy) is 1. The first-order chi connectivity index (χ1) is 10.8. The fraction of sp³-hybridized carbons (Fsp3) is 0.118. The molecule has 1 N–H and O–H groups in total. The van der Waals surface area contributed by atoms with Gasteiger partial charge >= 0.3 is 12.1 Å². The summed E-state index contributed by atoms with van der Waals surface area (Å²) in [5.41, 5.74) is 0.545. The summed E-state index contributed by atoms with van der Waals surface area (Å²) in [5.74, 6) is -0.557. The van der Waals surface area contributed by atoms with Gasteiger partial charge < -0.3 is 9.84 Å². The Labute approximate surface area is 130 Å². The van der Waals surface area contributed by atoms with Gasteiger partial charge in [-0.25, -0.2) is 4.79 Å². The van der Waals surface area contributed by atoms with Gasteiger partial charge in [0.2, 0.25) is 0 Å². The summed E-state index contributed by atoms with van der Waals surface area (Å²) in [4.78, 5) is 10.5. The van der Waals surface area contributed by atoms with Crippen LogP contribution in [0.2, 0.25) is 0 Å². The highest BCUT2D eigenvalue weighted by atomic mass is 19.4. The number of carboxylic acids is 1. The largest absolute Gasteiger partial charge is 0.489 e. The summed E-state index contributed by atoms with van der Waals surface area (Å²) < 4.78 is 42.9. The molecule has 3 nitrogen and oxygen atoms in total. The van der Waals surface area contributed by atoms with Crippen LogP contribution in [-0.2, 0) is 17.6 Å². The standard InChI is InChI=1S/C17H13F3O3/c18-17(19,20)14-7-4-13(5-8-14)11-23-15-3-1-2-12(10-15)6-9-16(21)22/h1-10H,11H2,(H,21,22)/b9-6+. The van der Waals surface area contributed by atoms with Gasteiger partial charge in [0, 0.05) is 6.08 Å². The third kappa shape index (κ3) is 5.18. The van der Waals surface area contributed by atoms with Gasteiger partial charge in [0.05, 0.1) is 5.56 Å². The molecule has 0 saturated carbocycles. The molecule has 23 heavy (non-hydrogen) atoms. The predicted molar refractivity (Wildman–Crippen MR) is 78.9 cm³/mol. The Bertz CT molecular complexity index is 704. The fourth-order valence-electron chi connectivity index (χ4n) is 1.83. The van der Waals surface area contributed by atoms with E-state index in [1.807, 2.05) is 0 Å². The topological polar surface area (TPSA) is 46.5 Å². The maximum Gasteiger partial charge on any atom is 0.416 e. The molecule has 0 bridgehead atoms. The molecule has 120 valence electrons. The molecule has 0 aliphatic carbocycles. The van der Waals surface area contributed by atoms with Crippen LogP contribution in [0.1, 0.15) is 16.7 Å². The summed E-state index contributed by atoms with van der Waals surface area (Å²) in [6.07, 6.45) is -1.92. The number of rotatable bonds is 5. The molecule has 0 amide bonds. The molecule has 2 aromatic carbocycles. The zero-order chi connectivity index (χ0) is 16.9. The normalized spacial score (nSPS) is 11.6. The maximum absolute atomic E-state index is 12.5. The minimum absolute atomic E-state index is 0.115. The lowest BCUT2D eigenvalue weighted by molar-refractivity contribution is -0.137. The molecule has 0 aromatic heterocycles. The molecule has 2 aromatic rings. The number of carbonyl (C=O) groups is 1. The van der Waals surface area contributed by atoms with Crippen LogP contribution in [0.4, 0.5) is 13.2 Å². The smallest absolute Gasteiger partial charge is 0.416 e. The SMILES string of the molecule is O=C(O)/C=C/c1cccc(OCc2ccc(C(F)(F)F)cc2)c1. The van der Waals surface area contributed by atoms with Crippen LogP contribution in [0.25, 0.3) is 6.08 Å². The third-order valence-corrected chi connectivity index (χ3v) is 2.96. The van der Waals surface area contributed by atoms with Crippen molar-refractivity contribution in [2.24, 2.45) is 0 Å². The Morgan fingerprint density at radius 2 is 1.83 bits per heavy atom. The zero-order valence-corrected chi connectivity index (χ0v) is 11.9. The number of carboxylic acid groups (broad SMARTS) is 1. The van der Waals surface area contributed by atoms with Crippen LogP contribution in [0.5, 0.6) is 5.75 Å². The van der Waals surface area contributed by atoms with Crippen molar-refractivity contribution in [2.75, 3.05) is 0 Å². The lowest BCUT2D eigenvalue weighted by Gasteiger charge is -2.09. The number of halogens is 3. The van der Waals surface area contributed by atoms with Gasteiger partial charge in [-0.1, -0.05) is 24.3 Å². The van der Waals surface area contributed by atoms with Gasteiger partial charge in [0.25, 0.3) is 0 Å². The minimum Gasteiger partial charge on any atom is -0.489 e. The van der Waals surface area contributed by atoms with Gasteiger partial charge in [-0.2, -0.15) is 13.2 Å². The van der Waals surface area contributed by atoms with Crippen molar-refractivity contribution in [1.29, 1.82) is 0 Å². The van der Waals surface area contributed by atoms with Crippen molar-refractivity contribution < 1.29 is 27.8 Å². The Kier molecular flexibility index (Phi) is 5.05. The summed E-state index contributed by atoms with van der Waals surface area (Å²) >= 11 is 0. The molecule has 0 unspecified atom stereocenters. The molecule has 0 fully saturated rings. The van der Waals surface area contributed by atoms with Crippen molar-refractivity contribution in [2.45, 2.75) is 12.8 Å². The average molecular weight is 322 g/mol. The van der Waals surface area contributed by atoms with Crippen molar-refractivity contribution in [3.63, 3.8) is 0 Å². The number of hydrogen-bond donors (Lipinski definition) is 1. The second-order valence-corrected chi connectivity index (χ2v) is 4.73. The molecule has 0 saturated heterocycles. The lowest BCUT2D eigenvalue weighted by Crippen LogP contribution is -2.05. The molecule has 0 heterocycles. The van der Waals surface area contributed by atoms with E-state index in [-0.39, 0.29) is 6.61 Å². The van der Waals surface area contributed by atoms with Gasteiger partial charge in [-0.05, 0) is 41.5 Å². The van der Waals surface area contributed by atoms with Gasteiger partial charge in [-0.3, -0.25) is 0 Å². The van der Waals surface area contributed by atoms with Crippen molar-refractivity contribution in [3.8, 4) is 5.75 Å². The molecule has 0 atom stereocenters. The molecule has 2 rings (SSSR count). The number of benzene rings is 2.